The van der Waals surface area contributed by atoms with Crippen LogP contribution < -0.4 is 20.1 Å². The Balaban J connectivity index is 0.000000254. The topological polar surface area (TPSA) is 98.8 Å². The number of fused-ring (bicyclic) bond motifs is 1. The van der Waals surface area contributed by atoms with Gasteiger partial charge in [0.1, 0.15) is 36.9 Å². The van der Waals surface area contributed by atoms with Crippen LogP contribution in [0.5, 0.6) is 11.5 Å². The number of aliphatic hydroxyl groups excluding tert-OH is 2. The van der Waals surface area contributed by atoms with Crippen molar-refractivity contribution in [3.05, 3.63) is 72.9 Å². The summed E-state index contributed by atoms with van der Waals surface area (Å²) < 4.78 is 11.3. The van der Waals surface area contributed by atoms with Gasteiger partial charge in [-0.25, -0.2) is 0 Å². The van der Waals surface area contributed by atoms with Crippen molar-refractivity contribution >= 4 is 10.9 Å². The standard InChI is InChI=1S/C15H23NO2.C14H20N2O2/c1-4-7-13-8-5-6-9-15(13)18-11-14(17)10-16-12(2)3;1-10(2)16-8-11(17)9-18-14-5-3-4-13-12(14)6-7-15-13/h4-6,8-9,12,14,16-17H,1,7,10-11H2,2-3H3;3-7,10-11,15-17H,8-9H2,1-2H3. The molecule has 0 saturated heterocycles. The van der Waals surface area contributed by atoms with E-state index in [1.807, 2.05) is 88.5 Å². The van der Waals surface area contributed by atoms with Gasteiger partial charge in [-0.2, -0.15) is 0 Å². The molecule has 3 aromatic rings. The van der Waals surface area contributed by atoms with Gasteiger partial charge in [-0.1, -0.05) is 58.0 Å². The molecule has 0 spiro atoms. The molecule has 1 heterocycles. The lowest BCUT2D eigenvalue weighted by atomic mass is 10.1. The van der Waals surface area contributed by atoms with Gasteiger partial charge >= 0.3 is 0 Å². The molecule has 0 radical (unpaired) electrons. The fourth-order valence-electron chi connectivity index (χ4n) is 3.38. The van der Waals surface area contributed by atoms with Gasteiger partial charge in [0.05, 0.1) is 0 Å². The first-order chi connectivity index (χ1) is 17.3. The normalized spacial score (nSPS) is 12.8. The number of aliphatic hydroxyl groups is 2. The summed E-state index contributed by atoms with van der Waals surface area (Å²) in [4.78, 5) is 3.13. The number of ether oxygens (including phenoxy) is 2. The second-order valence-electron chi connectivity index (χ2n) is 9.35. The van der Waals surface area contributed by atoms with Crippen molar-refractivity contribution in [2.75, 3.05) is 26.3 Å². The van der Waals surface area contributed by atoms with Gasteiger partial charge in [0.25, 0.3) is 0 Å². The first-order valence-corrected chi connectivity index (χ1v) is 12.6. The van der Waals surface area contributed by atoms with Crippen molar-refractivity contribution in [3.8, 4) is 11.5 Å². The summed E-state index contributed by atoms with van der Waals surface area (Å²) in [6, 6.07) is 16.4. The van der Waals surface area contributed by atoms with Crippen LogP contribution in [0.15, 0.2) is 67.4 Å². The molecule has 36 heavy (non-hydrogen) atoms. The van der Waals surface area contributed by atoms with Crippen molar-refractivity contribution in [3.63, 3.8) is 0 Å². The first-order valence-electron chi connectivity index (χ1n) is 12.6. The number of allylic oxidation sites excluding steroid dienone is 1. The van der Waals surface area contributed by atoms with Crippen LogP contribution in [0, 0.1) is 0 Å². The van der Waals surface area contributed by atoms with Crippen LogP contribution in [0.2, 0.25) is 0 Å². The predicted octanol–water partition coefficient (Wildman–Crippen LogP) is 4.06. The molecule has 0 amide bonds. The van der Waals surface area contributed by atoms with Gasteiger partial charge in [-0.05, 0) is 36.2 Å². The van der Waals surface area contributed by atoms with E-state index >= 15 is 0 Å². The minimum Gasteiger partial charge on any atom is -0.491 e. The van der Waals surface area contributed by atoms with Crippen LogP contribution in [0.25, 0.3) is 10.9 Å². The molecule has 2 aromatic carbocycles. The molecule has 0 aliphatic heterocycles. The number of para-hydroxylation sites is 1. The van der Waals surface area contributed by atoms with E-state index in [4.69, 9.17) is 9.47 Å². The lowest BCUT2D eigenvalue weighted by Crippen LogP contribution is -2.35. The van der Waals surface area contributed by atoms with Crippen LogP contribution in [0.1, 0.15) is 33.3 Å². The maximum Gasteiger partial charge on any atom is 0.128 e. The molecule has 2 unspecified atom stereocenters. The van der Waals surface area contributed by atoms with E-state index in [2.05, 4.69) is 22.2 Å². The molecular formula is C29H43N3O4. The van der Waals surface area contributed by atoms with Crippen molar-refractivity contribution in [1.82, 2.24) is 15.6 Å². The molecular weight excluding hydrogens is 454 g/mol. The minimum absolute atomic E-state index is 0.296. The van der Waals surface area contributed by atoms with E-state index < -0.39 is 12.2 Å². The molecule has 5 N–H and O–H groups in total. The zero-order chi connectivity index (χ0) is 26.3. The highest BCUT2D eigenvalue weighted by molar-refractivity contribution is 5.85. The van der Waals surface area contributed by atoms with Crippen LogP contribution >= 0.6 is 0 Å². The Morgan fingerprint density at radius 1 is 0.833 bits per heavy atom. The van der Waals surface area contributed by atoms with E-state index in [0.29, 0.717) is 38.4 Å². The molecule has 1 aromatic heterocycles. The van der Waals surface area contributed by atoms with Gasteiger partial charge in [0.2, 0.25) is 0 Å². The molecule has 0 fully saturated rings. The molecule has 3 rings (SSSR count). The highest BCUT2D eigenvalue weighted by Gasteiger charge is 2.09. The van der Waals surface area contributed by atoms with Gasteiger partial charge in [0.15, 0.2) is 0 Å². The van der Waals surface area contributed by atoms with Crippen LogP contribution in [-0.4, -0.2) is 65.8 Å². The summed E-state index contributed by atoms with van der Waals surface area (Å²) in [5, 5.41) is 27.0. The Labute approximate surface area is 215 Å². The predicted molar refractivity (Wildman–Crippen MR) is 148 cm³/mol. The Kier molecular flexibility index (Phi) is 13.1. The van der Waals surface area contributed by atoms with Crippen LogP contribution in [0.3, 0.4) is 0 Å². The van der Waals surface area contributed by atoms with Gasteiger partial charge in [-0.3, -0.25) is 0 Å². The molecule has 0 bridgehead atoms. The largest absolute Gasteiger partial charge is 0.491 e. The average molecular weight is 498 g/mol. The van der Waals surface area contributed by atoms with E-state index in [1.165, 1.54) is 0 Å². The number of rotatable bonds is 14. The molecule has 198 valence electrons. The number of benzene rings is 2. The highest BCUT2D eigenvalue weighted by Crippen LogP contribution is 2.24. The van der Waals surface area contributed by atoms with E-state index in [-0.39, 0.29) is 0 Å². The van der Waals surface area contributed by atoms with E-state index in [0.717, 1.165) is 34.4 Å². The zero-order valence-electron chi connectivity index (χ0n) is 22.0. The number of hydrogen-bond acceptors (Lipinski definition) is 6. The van der Waals surface area contributed by atoms with Crippen molar-refractivity contribution in [2.24, 2.45) is 0 Å². The number of aromatic amines is 1. The lowest BCUT2D eigenvalue weighted by molar-refractivity contribution is 0.104. The van der Waals surface area contributed by atoms with E-state index in [9.17, 15) is 10.2 Å². The summed E-state index contributed by atoms with van der Waals surface area (Å²) in [5.41, 5.74) is 2.14. The SMILES string of the molecule is C=CCc1ccccc1OCC(O)CNC(C)C.CC(C)NCC(O)COc1cccc2[nH]ccc12. The monoisotopic (exact) mass is 497 g/mol. The summed E-state index contributed by atoms with van der Waals surface area (Å²) in [5.74, 6) is 1.62. The summed E-state index contributed by atoms with van der Waals surface area (Å²) in [7, 11) is 0. The third-order valence-electron chi connectivity index (χ3n) is 5.28. The van der Waals surface area contributed by atoms with E-state index in [1.54, 1.807) is 0 Å². The van der Waals surface area contributed by atoms with Crippen LogP contribution in [-0.2, 0) is 6.42 Å². The fourth-order valence-corrected chi connectivity index (χ4v) is 3.38. The smallest absolute Gasteiger partial charge is 0.128 e. The van der Waals surface area contributed by atoms with Crippen molar-refractivity contribution in [2.45, 2.75) is 58.4 Å². The average Bonchev–Trinajstić information content (AvgIpc) is 3.34. The second-order valence-corrected chi connectivity index (χ2v) is 9.35. The summed E-state index contributed by atoms with van der Waals surface area (Å²) in [6.07, 6.45) is 3.51. The highest BCUT2D eigenvalue weighted by atomic mass is 16.5. The lowest BCUT2D eigenvalue weighted by Gasteiger charge is -2.16. The fraction of sp³-hybridized carbons (Fsp3) is 0.448. The first kappa shape index (κ1) is 29.4. The van der Waals surface area contributed by atoms with Crippen LogP contribution in [0.4, 0.5) is 0 Å². The second kappa shape index (κ2) is 16.0. The molecule has 7 heteroatoms. The van der Waals surface area contributed by atoms with Gasteiger partial charge < -0.3 is 35.3 Å². The van der Waals surface area contributed by atoms with Crippen molar-refractivity contribution in [1.29, 1.82) is 0 Å². The third-order valence-corrected chi connectivity index (χ3v) is 5.28. The molecule has 0 aliphatic rings. The minimum atomic E-state index is -0.499. The molecule has 2 atom stereocenters. The maximum absolute atomic E-state index is 9.79. The third kappa shape index (κ3) is 10.8. The number of nitrogens with one attached hydrogen (secondary N) is 3. The Morgan fingerprint density at radius 3 is 2.03 bits per heavy atom. The molecule has 7 nitrogen and oxygen atoms in total. The Hall–Kier alpha value is -2.84. The number of hydrogen-bond donors (Lipinski definition) is 5. The summed E-state index contributed by atoms with van der Waals surface area (Å²) in [6.45, 7) is 13.6. The Morgan fingerprint density at radius 2 is 1.42 bits per heavy atom. The summed E-state index contributed by atoms with van der Waals surface area (Å²) >= 11 is 0. The maximum atomic E-state index is 9.79. The molecule has 0 aliphatic carbocycles. The number of H-pyrrole nitrogens is 1. The Bertz CT molecular complexity index is 1020. The van der Waals surface area contributed by atoms with Crippen molar-refractivity contribution < 1.29 is 19.7 Å². The zero-order valence-corrected chi connectivity index (χ0v) is 22.0. The quantitative estimate of drug-likeness (QED) is 0.216. The van der Waals surface area contributed by atoms with Gasteiger partial charge in [-0.15, -0.1) is 6.58 Å². The number of aromatic nitrogens is 1. The van der Waals surface area contributed by atoms with Gasteiger partial charge in [0, 0.05) is 42.3 Å². The molecule has 0 saturated carbocycles.